The molecule has 1 aromatic carbocycles. The SMILES string of the molecule is C[C@@H]1C[C@@H](C)CN(S(=O)(=O)c2cccc(C(=O)OCCN3CCCC3=O)c2)C1. The summed E-state index contributed by atoms with van der Waals surface area (Å²) in [6.07, 6.45) is 2.39. The number of nitrogens with zero attached hydrogens (tertiary/aromatic N) is 2. The monoisotopic (exact) mass is 408 g/mol. The molecule has 1 aromatic rings. The van der Waals surface area contributed by atoms with E-state index in [1.54, 1.807) is 17.0 Å². The van der Waals surface area contributed by atoms with Crippen molar-refractivity contribution in [2.75, 3.05) is 32.8 Å². The first-order valence-electron chi connectivity index (χ1n) is 9.82. The predicted molar refractivity (Wildman–Crippen MR) is 104 cm³/mol. The van der Waals surface area contributed by atoms with Crippen LogP contribution in [-0.4, -0.2) is 62.3 Å². The third-order valence-electron chi connectivity index (χ3n) is 5.31. The van der Waals surface area contributed by atoms with Crippen LogP contribution in [0.15, 0.2) is 29.2 Å². The molecule has 28 heavy (non-hydrogen) atoms. The van der Waals surface area contributed by atoms with Crippen molar-refractivity contribution in [3.63, 3.8) is 0 Å². The minimum atomic E-state index is -3.65. The number of amides is 1. The molecule has 2 saturated heterocycles. The van der Waals surface area contributed by atoms with Crippen LogP contribution in [-0.2, 0) is 19.6 Å². The number of hydrogen-bond donors (Lipinski definition) is 0. The summed E-state index contributed by atoms with van der Waals surface area (Å²) in [5.41, 5.74) is 0.201. The van der Waals surface area contributed by atoms with Gasteiger partial charge in [0.1, 0.15) is 6.61 Å². The van der Waals surface area contributed by atoms with Gasteiger partial charge in [-0.3, -0.25) is 4.79 Å². The number of carbonyl (C=O) groups excluding carboxylic acids is 2. The number of piperidine rings is 1. The van der Waals surface area contributed by atoms with Crippen molar-refractivity contribution in [2.45, 2.75) is 38.0 Å². The van der Waals surface area contributed by atoms with Gasteiger partial charge in [-0.1, -0.05) is 19.9 Å². The number of sulfonamides is 1. The van der Waals surface area contributed by atoms with Crippen molar-refractivity contribution in [2.24, 2.45) is 11.8 Å². The lowest BCUT2D eigenvalue weighted by atomic mass is 9.94. The van der Waals surface area contributed by atoms with Crippen LogP contribution in [0.2, 0.25) is 0 Å². The zero-order valence-electron chi connectivity index (χ0n) is 16.5. The van der Waals surface area contributed by atoms with Gasteiger partial charge in [-0.15, -0.1) is 0 Å². The van der Waals surface area contributed by atoms with Crippen LogP contribution < -0.4 is 0 Å². The van der Waals surface area contributed by atoms with E-state index in [2.05, 4.69) is 13.8 Å². The Bertz CT molecular complexity index is 829. The second kappa shape index (κ2) is 8.61. The second-order valence-corrected chi connectivity index (χ2v) is 9.85. The van der Waals surface area contributed by atoms with Crippen LogP contribution in [0.3, 0.4) is 0 Å². The molecule has 0 saturated carbocycles. The van der Waals surface area contributed by atoms with E-state index in [-0.39, 0.29) is 23.0 Å². The molecule has 1 amide bonds. The highest BCUT2D eigenvalue weighted by atomic mass is 32.2. The number of rotatable bonds is 6. The van der Waals surface area contributed by atoms with Crippen molar-refractivity contribution in [3.05, 3.63) is 29.8 Å². The molecule has 2 fully saturated rings. The first kappa shape index (κ1) is 20.8. The number of hydrogen-bond acceptors (Lipinski definition) is 5. The zero-order valence-corrected chi connectivity index (χ0v) is 17.3. The van der Waals surface area contributed by atoms with Crippen LogP contribution >= 0.6 is 0 Å². The summed E-state index contributed by atoms with van der Waals surface area (Å²) in [5, 5.41) is 0. The Morgan fingerprint density at radius 1 is 1.21 bits per heavy atom. The van der Waals surface area contributed by atoms with Gasteiger partial charge in [0, 0.05) is 26.1 Å². The fraction of sp³-hybridized carbons (Fsp3) is 0.600. The fourth-order valence-electron chi connectivity index (χ4n) is 4.01. The van der Waals surface area contributed by atoms with Gasteiger partial charge in [0.2, 0.25) is 15.9 Å². The van der Waals surface area contributed by atoms with Gasteiger partial charge in [-0.05, 0) is 42.9 Å². The standard InChI is InChI=1S/C20H28N2O5S/c1-15-11-16(2)14-22(13-15)28(25,26)18-6-3-5-17(12-18)20(24)27-10-9-21-8-4-7-19(21)23/h3,5-6,12,15-16H,4,7-11,13-14H2,1-2H3/t15-,16-/m1/s1. The number of ether oxygens (including phenoxy) is 1. The predicted octanol–water partition coefficient (Wildman–Crippen LogP) is 2.13. The molecule has 2 aliphatic rings. The highest BCUT2D eigenvalue weighted by Crippen LogP contribution is 2.27. The molecule has 0 aromatic heterocycles. The van der Waals surface area contributed by atoms with E-state index in [4.69, 9.17) is 4.74 Å². The molecular weight excluding hydrogens is 380 g/mol. The Balaban J connectivity index is 1.65. The maximum Gasteiger partial charge on any atom is 0.338 e. The second-order valence-electron chi connectivity index (χ2n) is 7.92. The molecule has 8 heteroatoms. The third kappa shape index (κ3) is 4.72. The van der Waals surface area contributed by atoms with Gasteiger partial charge in [0.25, 0.3) is 0 Å². The lowest BCUT2D eigenvalue weighted by molar-refractivity contribution is -0.128. The van der Waals surface area contributed by atoms with Crippen molar-refractivity contribution in [1.82, 2.24) is 9.21 Å². The van der Waals surface area contributed by atoms with Crippen LogP contribution in [0.1, 0.15) is 43.5 Å². The normalized spacial score (nSPS) is 23.8. The lowest BCUT2D eigenvalue weighted by Crippen LogP contribution is -2.42. The largest absolute Gasteiger partial charge is 0.460 e. The summed E-state index contributed by atoms with van der Waals surface area (Å²) in [6, 6.07) is 6.00. The summed E-state index contributed by atoms with van der Waals surface area (Å²) < 4.78 is 32.8. The van der Waals surface area contributed by atoms with Gasteiger partial charge in [-0.2, -0.15) is 4.31 Å². The average molecular weight is 409 g/mol. The molecule has 0 bridgehead atoms. The first-order valence-corrected chi connectivity index (χ1v) is 11.3. The summed E-state index contributed by atoms with van der Waals surface area (Å²) in [7, 11) is -3.65. The van der Waals surface area contributed by atoms with Crippen molar-refractivity contribution < 1.29 is 22.7 Å². The van der Waals surface area contributed by atoms with E-state index in [0.29, 0.717) is 44.4 Å². The van der Waals surface area contributed by atoms with Crippen molar-refractivity contribution in [1.29, 1.82) is 0 Å². The maximum absolute atomic E-state index is 13.0. The fourth-order valence-corrected chi connectivity index (χ4v) is 5.73. The molecule has 2 heterocycles. The number of esters is 1. The van der Waals surface area contributed by atoms with E-state index in [9.17, 15) is 18.0 Å². The topological polar surface area (TPSA) is 84.0 Å². The molecule has 3 rings (SSSR count). The molecule has 2 atom stereocenters. The van der Waals surface area contributed by atoms with E-state index in [1.807, 2.05) is 0 Å². The van der Waals surface area contributed by atoms with Crippen LogP contribution in [0.5, 0.6) is 0 Å². The molecule has 2 aliphatic heterocycles. The highest BCUT2D eigenvalue weighted by molar-refractivity contribution is 7.89. The van der Waals surface area contributed by atoms with Crippen LogP contribution in [0, 0.1) is 11.8 Å². The maximum atomic E-state index is 13.0. The third-order valence-corrected chi connectivity index (χ3v) is 7.14. The highest BCUT2D eigenvalue weighted by Gasteiger charge is 2.32. The summed E-state index contributed by atoms with van der Waals surface area (Å²) in [5.74, 6) is 0.109. The van der Waals surface area contributed by atoms with E-state index < -0.39 is 16.0 Å². The Labute approximate surface area is 166 Å². The lowest BCUT2D eigenvalue weighted by Gasteiger charge is -2.34. The number of likely N-dealkylation sites (tertiary alicyclic amines) is 1. The summed E-state index contributed by atoms with van der Waals surface area (Å²) >= 11 is 0. The minimum absolute atomic E-state index is 0.0779. The van der Waals surface area contributed by atoms with Crippen molar-refractivity contribution >= 4 is 21.9 Å². The minimum Gasteiger partial charge on any atom is -0.460 e. The number of carbonyl (C=O) groups is 2. The van der Waals surface area contributed by atoms with Crippen molar-refractivity contribution in [3.8, 4) is 0 Å². The van der Waals surface area contributed by atoms with E-state index in [1.165, 1.54) is 16.4 Å². The Hall–Kier alpha value is -1.93. The van der Waals surface area contributed by atoms with Gasteiger partial charge >= 0.3 is 5.97 Å². The van der Waals surface area contributed by atoms with Gasteiger partial charge in [0.15, 0.2) is 0 Å². The Morgan fingerprint density at radius 2 is 1.93 bits per heavy atom. The Kier molecular flexibility index (Phi) is 6.40. The van der Waals surface area contributed by atoms with Crippen LogP contribution in [0.4, 0.5) is 0 Å². The summed E-state index contributed by atoms with van der Waals surface area (Å²) in [6.45, 7) is 6.25. The molecule has 0 spiro atoms. The molecule has 7 nitrogen and oxygen atoms in total. The van der Waals surface area contributed by atoms with Gasteiger partial charge in [0.05, 0.1) is 17.0 Å². The summed E-state index contributed by atoms with van der Waals surface area (Å²) in [4.78, 5) is 25.7. The number of benzene rings is 1. The van der Waals surface area contributed by atoms with E-state index >= 15 is 0 Å². The molecule has 154 valence electrons. The molecule has 0 aliphatic carbocycles. The van der Waals surface area contributed by atoms with Crippen LogP contribution in [0.25, 0.3) is 0 Å². The average Bonchev–Trinajstić information content (AvgIpc) is 3.06. The molecule has 0 N–H and O–H groups in total. The first-order chi connectivity index (χ1) is 13.3. The molecule has 0 radical (unpaired) electrons. The smallest absolute Gasteiger partial charge is 0.338 e. The van der Waals surface area contributed by atoms with E-state index in [0.717, 1.165) is 12.8 Å². The Morgan fingerprint density at radius 3 is 2.57 bits per heavy atom. The van der Waals surface area contributed by atoms with Gasteiger partial charge in [-0.25, -0.2) is 13.2 Å². The quantitative estimate of drug-likeness (QED) is 0.674. The zero-order chi connectivity index (χ0) is 20.3. The molecular formula is C20H28N2O5S. The molecule has 0 unspecified atom stereocenters. The van der Waals surface area contributed by atoms with Gasteiger partial charge < -0.3 is 9.64 Å².